The standard InChI is InChI=1S/C24H25FN2O5/c25-15-4-6-18-17(9-15)21(24(31)26-18)23-16-5-3-13(8-14(16)12-32-23)2-1-7-27-10-20(29)22(30)19(27)11-28/h3-6,8-9,19-20,22,28-30H,1-2,7,10-12H2,(H,26,31)/b23-21+. The number of carbonyl (C=O) groups is 1. The maximum Gasteiger partial charge on any atom is 0.260 e. The molecular weight excluding hydrogens is 415 g/mol. The SMILES string of the molecule is O=C1Nc2ccc(F)cc2/C1=C1\OCc2cc(CCCN3CC(O)C(O)C3CO)ccc21. The fraction of sp³-hybridized carbons (Fsp3) is 0.375. The van der Waals surface area contributed by atoms with E-state index in [1.165, 1.54) is 12.1 Å². The fourth-order valence-corrected chi connectivity index (χ4v) is 4.87. The number of nitrogens with zero attached hydrogens (tertiary/aromatic N) is 1. The fourth-order valence-electron chi connectivity index (χ4n) is 4.87. The van der Waals surface area contributed by atoms with Crippen LogP contribution >= 0.6 is 0 Å². The van der Waals surface area contributed by atoms with E-state index in [-0.39, 0.29) is 12.5 Å². The average molecular weight is 440 g/mol. The molecule has 0 aromatic heterocycles. The number of halogens is 1. The predicted molar refractivity (Wildman–Crippen MR) is 116 cm³/mol. The third kappa shape index (κ3) is 3.59. The van der Waals surface area contributed by atoms with Gasteiger partial charge in [-0.1, -0.05) is 18.2 Å². The molecule has 2 aromatic carbocycles. The molecule has 2 aromatic rings. The number of aliphatic hydroxyl groups is 3. The summed E-state index contributed by atoms with van der Waals surface area (Å²) in [5.41, 5.74) is 4.36. The van der Waals surface area contributed by atoms with Crippen LogP contribution in [0.25, 0.3) is 11.3 Å². The van der Waals surface area contributed by atoms with Gasteiger partial charge in [0.05, 0.1) is 30.4 Å². The number of rotatable bonds is 5. The smallest absolute Gasteiger partial charge is 0.260 e. The number of nitrogens with one attached hydrogen (secondary N) is 1. The molecule has 0 aliphatic carbocycles. The van der Waals surface area contributed by atoms with Crippen molar-refractivity contribution in [2.75, 3.05) is 25.0 Å². The highest BCUT2D eigenvalue weighted by atomic mass is 19.1. The first kappa shape index (κ1) is 21.1. The Kier molecular flexibility index (Phi) is 5.46. The second kappa shape index (κ2) is 8.29. The number of aryl methyl sites for hydroxylation is 1. The van der Waals surface area contributed by atoms with Crippen molar-refractivity contribution in [2.45, 2.75) is 37.7 Å². The summed E-state index contributed by atoms with van der Waals surface area (Å²) in [5, 5.41) is 32.0. The van der Waals surface area contributed by atoms with Crippen LogP contribution < -0.4 is 5.32 Å². The van der Waals surface area contributed by atoms with Crippen molar-refractivity contribution in [3.05, 3.63) is 64.5 Å². The topological polar surface area (TPSA) is 102 Å². The van der Waals surface area contributed by atoms with Crippen molar-refractivity contribution in [3.8, 4) is 0 Å². The van der Waals surface area contributed by atoms with Crippen LogP contribution in [0.2, 0.25) is 0 Å². The maximum absolute atomic E-state index is 13.8. The molecule has 0 radical (unpaired) electrons. The van der Waals surface area contributed by atoms with Gasteiger partial charge in [0.25, 0.3) is 5.91 Å². The van der Waals surface area contributed by atoms with Gasteiger partial charge in [0.2, 0.25) is 0 Å². The first-order valence-electron chi connectivity index (χ1n) is 10.8. The van der Waals surface area contributed by atoms with Crippen LogP contribution in [-0.4, -0.2) is 64.1 Å². The van der Waals surface area contributed by atoms with Gasteiger partial charge in [-0.25, -0.2) is 4.39 Å². The van der Waals surface area contributed by atoms with Crippen LogP contribution in [0.1, 0.15) is 28.7 Å². The van der Waals surface area contributed by atoms with Crippen LogP contribution in [0, 0.1) is 5.82 Å². The minimum Gasteiger partial charge on any atom is -0.487 e. The Morgan fingerprint density at radius 1 is 1.16 bits per heavy atom. The normalized spacial score (nSPS) is 26.8. The molecule has 3 atom stereocenters. The van der Waals surface area contributed by atoms with E-state index in [1.807, 2.05) is 17.0 Å². The summed E-state index contributed by atoms with van der Waals surface area (Å²) in [7, 11) is 0. The number of amides is 1. The first-order valence-corrected chi connectivity index (χ1v) is 10.8. The number of likely N-dealkylation sites (tertiary alicyclic amines) is 1. The molecule has 4 N–H and O–H groups in total. The van der Waals surface area contributed by atoms with Gasteiger partial charge in [-0.15, -0.1) is 0 Å². The van der Waals surface area contributed by atoms with Gasteiger partial charge in [-0.2, -0.15) is 0 Å². The Hall–Kier alpha value is -2.78. The van der Waals surface area contributed by atoms with Gasteiger partial charge in [0, 0.05) is 28.9 Å². The predicted octanol–water partition coefficient (Wildman–Crippen LogP) is 1.51. The lowest BCUT2D eigenvalue weighted by Gasteiger charge is -2.23. The van der Waals surface area contributed by atoms with Crippen molar-refractivity contribution in [3.63, 3.8) is 0 Å². The molecule has 32 heavy (non-hydrogen) atoms. The lowest BCUT2D eigenvalue weighted by atomic mass is 9.98. The molecule has 8 heteroatoms. The van der Waals surface area contributed by atoms with Gasteiger partial charge in [0.1, 0.15) is 18.2 Å². The average Bonchev–Trinajstić information content (AvgIpc) is 3.40. The number of benzene rings is 2. The van der Waals surface area contributed by atoms with Gasteiger partial charge in [0.15, 0.2) is 0 Å². The van der Waals surface area contributed by atoms with E-state index in [9.17, 15) is 24.5 Å². The van der Waals surface area contributed by atoms with E-state index in [2.05, 4.69) is 11.4 Å². The number of β-amino-alcohol motifs (C(OH)–C–C–N with tert-alkyl or cyclic N) is 1. The molecule has 0 saturated carbocycles. The van der Waals surface area contributed by atoms with E-state index in [1.54, 1.807) is 6.07 Å². The number of hydrogen-bond acceptors (Lipinski definition) is 6. The van der Waals surface area contributed by atoms with Crippen LogP contribution in [0.15, 0.2) is 36.4 Å². The highest BCUT2D eigenvalue weighted by molar-refractivity contribution is 6.36. The van der Waals surface area contributed by atoms with Gasteiger partial charge in [-0.3, -0.25) is 9.69 Å². The number of fused-ring (bicyclic) bond motifs is 2. The second-order valence-electron chi connectivity index (χ2n) is 8.53. The first-order chi connectivity index (χ1) is 15.5. The van der Waals surface area contributed by atoms with Crippen molar-refractivity contribution in [1.29, 1.82) is 0 Å². The Balaban J connectivity index is 1.32. The van der Waals surface area contributed by atoms with Crippen LogP contribution in [0.5, 0.6) is 0 Å². The molecule has 1 saturated heterocycles. The van der Waals surface area contributed by atoms with Crippen LogP contribution in [0.3, 0.4) is 0 Å². The summed E-state index contributed by atoms with van der Waals surface area (Å²) in [4.78, 5) is 14.5. The Morgan fingerprint density at radius 2 is 2.00 bits per heavy atom. The third-order valence-electron chi connectivity index (χ3n) is 6.52. The molecule has 7 nitrogen and oxygen atoms in total. The van der Waals surface area contributed by atoms with E-state index >= 15 is 0 Å². The zero-order valence-corrected chi connectivity index (χ0v) is 17.4. The number of aliphatic hydroxyl groups excluding tert-OH is 3. The van der Waals surface area contributed by atoms with E-state index < -0.39 is 24.1 Å². The summed E-state index contributed by atoms with van der Waals surface area (Å²) in [6.45, 7) is 1.17. The van der Waals surface area contributed by atoms with Gasteiger partial charge in [-0.05, 0) is 43.1 Å². The lowest BCUT2D eigenvalue weighted by molar-refractivity contribution is -0.110. The molecule has 1 amide bonds. The van der Waals surface area contributed by atoms with Crippen molar-refractivity contribution < 1.29 is 29.2 Å². The monoisotopic (exact) mass is 440 g/mol. The molecule has 3 aliphatic heterocycles. The summed E-state index contributed by atoms with van der Waals surface area (Å²) in [6.07, 6.45) is -0.162. The minimum absolute atomic E-state index is 0.188. The molecule has 0 spiro atoms. The zero-order chi connectivity index (χ0) is 22.4. The van der Waals surface area contributed by atoms with E-state index in [0.29, 0.717) is 42.3 Å². The van der Waals surface area contributed by atoms with Crippen LogP contribution in [-0.2, 0) is 22.6 Å². The number of ether oxygens (including phenoxy) is 1. The maximum atomic E-state index is 13.8. The molecular formula is C24H25FN2O5. The molecule has 5 rings (SSSR count). The lowest BCUT2D eigenvalue weighted by Crippen LogP contribution is -2.39. The van der Waals surface area contributed by atoms with E-state index in [0.717, 1.165) is 29.5 Å². The molecule has 168 valence electrons. The molecule has 0 bridgehead atoms. The van der Waals surface area contributed by atoms with Crippen LogP contribution in [0.4, 0.5) is 10.1 Å². The minimum atomic E-state index is -0.921. The van der Waals surface area contributed by atoms with Crippen molar-refractivity contribution >= 4 is 22.9 Å². The highest BCUT2D eigenvalue weighted by Crippen LogP contribution is 2.42. The van der Waals surface area contributed by atoms with Crippen molar-refractivity contribution in [1.82, 2.24) is 4.90 Å². The molecule has 1 fully saturated rings. The third-order valence-corrected chi connectivity index (χ3v) is 6.52. The molecule has 3 aliphatic rings. The summed E-state index contributed by atoms with van der Waals surface area (Å²) in [6, 6.07) is 9.76. The van der Waals surface area contributed by atoms with Crippen molar-refractivity contribution in [2.24, 2.45) is 0 Å². The second-order valence-corrected chi connectivity index (χ2v) is 8.53. The highest BCUT2D eigenvalue weighted by Gasteiger charge is 2.39. The Bertz CT molecular complexity index is 1100. The van der Waals surface area contributed by atoms with E-state index in [4.69, 9.17) is 4.74 Å². The molecule has 3 unspecified atom stereocenters. The zero-order valence-electron chi connectivity index (χ0n) is 17.4. The Labute approximate surface area is 184 Å². The molecule has 3 heterocycles. The number of anilines is 1. The quantitative estimate of drug-likeness (QED) is 0.526. The summed E-state index contributed by atoms with van der Waals surface area (Å²) < 4.78 is 19.6. The summed E-state index contributed by atoms with van der Waals surface area (Å²) >= 11 is 0. The Morgan fingerprint density at radius 3 is 2.81 bits per heavy atom. The van der Waals surface area contributed by atoms with Gasteiger partial charge >= 0.3 is 0 Å². The number of hydrogen-bond donors (Lipinski definition) is 4. The summed E-state index contributed by atoms with van der Waals surface area (Å²) in [5.74, 6) is -0.237. The van der Waals surface area contributed by atoms with Gasteiger partial charge < -0.3 is 25.4 Å². The number of carbonyl (C=O) groups excluding carboxylic acids is 1. The largest absolute Gasteiger partial charge is 0.487 e.